The molecule has 1 aliphatic rings. The summed E-state index contributed by atoms with van der Waals surface area (Å²) in [5, 5.41) is 0.717. The molecule has 1 saturated heterocycles. The first kappa shape index (κ1) is 16.1. The van der Waals surface area contributed by atoms with E-state index < -0.39 is 0 Å². The molecule has 3 aromatic rings. The van der Waals surface area contributed by atoms with Gasteiger partial charge in [0, 0.05) is 41.7 Å². The minimum atomic E-state index is 0.0938. The van der Waals surface area contributed by atoms with Crippen molar-refractivity contribution in [3.8, 4) is 11.3 Å². The molecule has 1 aliphatic heterocycles. The maximum Gasteiger partial charge on any atom is 0.132 e. The van der Waals surface area contributed by atoms with E-state index >= 15 is 0 Å². The Labute approximate surface area is 152 Å². The van der Waals surface area contributed by atoms with E-state index in [2.05, 4.69) is 39.1 Å². The lowest BCUT2D eigenvalue weighted by atomic mass is 9.95. The Morgan fingerprint density at radius 1 is 0.960 bits per heavy atom. The zero-order chi connectivity index (χ0) is 17.2. The summed E-state index contributed by atoms with van der Waals surface area (Å²) in [4.78, 5) is 11.1. The van der Waals surface area contributed by atoms with Crippen molar-refractivity contribution in [2.75, 3.05) is 18.0 Å². The number of halogens is 1. The topological polar surface area (TPSA) is 55.0 Å². The summed E-state index contributed by atoms with van der Waals surface area (Å²) in [5.41, 5.74) is 9.60. The van der Waals surface area contributed by atoms with E-state index in [9.17, 15) is 0 Å². The monoisotopic (exact) mass is 350 g/mol. The molecule has 0 bridgehead atoms. The molecular formula is C20H19ClN4. The first-order valence-corrected chi connectivity index (χ1v) is 8.72. The second kappa shape index (κ2) is 6.82. The average molecular weight is 351 g/mol. The van der Waals surface area contributed by atoms with E-state index in [1.807, 2.05) is 36.4 Å². The molecule has 0 spiro atoms. The lowest BCUT2D eigenvalue weighted by Crippen LogP contribution is -2.29. The highest BCUT2D eigenvalue weighted by Crippen LogP contribution is 2.30. The molecule has 0 amide bonds. The Balaban J connectivity index is 1.58. The molecule has 4 nitrogen and oxygen atoms in total. The Morgan fingerprint density at radius 2 is 1.72 bits per heavy atom. The van der Waals surface area contributed by atoms with Crippen molar-refractivity contribution >= 4 is 17.4 Å². The summed E-state index contributed by atoms with van der Waals surface area (Å²) in [6.45, 7) is 1.65. The molecular weight excluding hydrogens is 332 g/mol. The van der Waals surface area contributed by atoms with Crippen molar-refractivity contribution < 1.29 is 0 Å². The molecule has 0 aliphatic carbocycles. The number of aromatic nitrogens is 2. The van der Waals surface area contributed by atoms with E-state index in [1.165, 1.54) is 5.56 Å². The largest absolute Gasteiger partial charge is 0.354 e. The fourth-order valence-corrected chi connectivity index (χ4v) is 3.49. The highest BCUT2D eigenvalue weighted by Gasteiger charge is 2.32. The van der Waals surface area contributed by atoms with E-state index in [0.29, 0.717) is 10.9 Å². The molecule has 1 aromatic heterocycles. The van der Waals surface area contributed by atoms with E-state index in [0.717, 1.165) is 30.2 Å². The summed E-state index contributed by atoms with van der Waals surface area (Å²) in [6.07, 6.45) is 1.61. The van der Waals surface area contributed by atoms with Crippen molar-refractivity contribution in [1.29, 1.82) is 0 Å². The lowest BCUT2D eigenvalue weighted by molar-refractivity contribution is 0.653. The molecule has 25 heavy (non-hydrogen) atoms. The van der Waals surface area contributed by atoms with Gasteiger partial charge >= 0.3 is 0 Å². The highest BCUT2D eigenvalue weighted by atomic mass is 35.5. The number of hydrogen-bond acceptors (Lipinski definition) is 4. The van der Waals surface area contributed by atoms with Gasteiger partial charge < -0.3 is 10.6 Å². The zero-order valence-corrected chi connectivity index (χ0v) is 14.5. The van der Waals surface area contributed by atoms with Gasteiger partial charge in [-0.3, -0.25) is 0 Å². The normalized spacial score (nSPS) is 20.0. The maximum atomic E-state index is 6.40. The molecule has 0 radical (unpaired) electrons. The van der Waals surface area contributed by atoms with Gasteiger partial charge in [0.15, 0.2) is 0 Å². The number of rotatable bonds is 3. The van der Waals surface area contributed by atoms with Gasteiger partial charge in [0.25, 0.3) is 0 Å². The second-order valence-electron chi connectivity index (χ2n) is 6.35. The summed E-state index contributed by atoms with van der Waals surface area (Å²) < 4.78 is 0. The van der Waals surface area contributed by atoms with Crippen LogP contribution in [0.2, 0.25) is 5.02 Å². The first-order chi connectivity index (χ1) is 12.2. The van der Waals surface area contributed by atoms with Crippen LogP contribution in [0.25, 0.3) is 11.3 Å². The Kier molecular flexibility index (Phi) is 4.38. The van der Waals surface area contributed by atoms with Crippen molar-refractivity contribution in [1.82, 2.24) is 9.97 Å². The predicted octanol–water partition coefficient (Wildman–Crippen LogP) is 3.73. The lowest BCUT2D eigenvalue weighted by Gasteiger charge is -2.18. The van der Waals surface area contributed by atoms with Gasteiger partial charge in [0.1, 0.15) is 12.1 Å². The van der Waals surface area contributed by atoms with Crippen LogP contribution < -0.4 is 10.6 Å². The van der Waals surface area contributed by atoms with Crippen LogP contribution in [0.1, 0.15) is 11.5 Å². The molecule has 0 unspecified atom stereocenters. The number of hydrogen-bond donors (Lipinski definition) is 1. The van der Waals surface area contributed by atoms with Crippen LogP contribution in [0.4, 0.5) is 5.82 Å². The van der Waals surface area contributed by atoms with Crippen LogP contribution in [-0.2, 0) is 0 Å². The van der Waals surface area contributed by atoms with Crippen LogP contribution >= 0.6 is 11.6 Å². The Hall–Kier alpha value is -2.43. The van der Waals surface area contributed by atoms with Gasteiger partial charge in [0.2, 0.25) is 0 Å². The van der Waals surface area contributed by atoms with E-state index in [-0.39, 0.29) is 6.04 Å². The number of anilines is 1. The average Bonchev–Trinajstić information content (AvgIpc) is 3.05. The van der Waals surface area contributed by atoms with Crippen LogP contribution in [0.15, 0.2) is 67.0 Å². The SMILES string of the molecule is N[C@H]1CN(c2cc(-c3ccc(Cl)cc3)ncn2)C[C@@H]1c1ccccc1. The third-order valence-electron chi connectivity index (χ3n) is 4.71. The summed E-state index contributed by atoms with van der Waals surface area (Å²) in [6, 6.07) is 20.2. The molecule has 2 N–H and O–H groups in total. The predicted molar refractivity (Wildman–Crippen MR) is 102 cm³/mol. The van der Waals surface area contributed by atoms with E-state index in [4.69, 9.17) is 17.3 Å². The van der Waals surface area contributed by atoms with Gasteiger partial charge in [-0.05, 0) is 17.7 Å². The van der Waals surface area contributed by atoms with Crippen molar-refractivity contribution in [3.63, 3.8) is 0 Å². The van der Waals surface area contributed by atoms with Gasteiger partial charge in [0.05, 0.1) is 5.69 Å². The molecule has 4 rings (SSSR count). The number of nitrogens with two attached hydrogens (primary N) is 1. The van der Waals surface area contributed by atoms with Gasteiger partial charge in [-0.2, -0.15) is 0 Å². The number of benzene rings is 2. The van der Waals surface area contributed by atoms with Gasteiger partial charge in [-0.1, -0.05) is 54.1 Å². The molecule has 126 valence electrons. The van der Waals surface area contributed by atoms with Crippen LogP contribution in [-0.4, -0.2) is 29.1 Å². The minimum absolute atomic E-state index is 0.0938. The van der Waals surface area contributed by atoms with Crippen molar-refractivity contribution in [3.05, 3.63) is 77.6 Å². The quantitative estimate of drug-likeness (QED) is 0.782. The summed E-state index contributed by atoms with van der Waals surface area (Å²) in [5.74, 6) is 1.23. The maximum absolute atomic E-state index is 6.40. The Morgan fingerprint density at radius 3 is 2.48 bits per heavy atom. The Bertz CT molecular complexity index is 851. The van der Waals surface area contributed by atoms with Crippen molar-refractivity contribution in [2.45, 2.75) is 12.0 Å². The first-order valence-electron chi connectivity index (χ1n) is 8.34. The molecule has 5 heteroatoms. The molecule has 2 heterocycles. The third-order valence-corrected chi connectivity index (χ3v) is 4.96. The van der Waals surface area contributed by atoms with Gasteiger partial charge in [-0.25, -0.2) is 9.97 Å². The van der Waals surface area contributed by atoms with Gasteiger partial charge in [-0.15, -0.1) is 0 Å². The minimum Gasteiger partial charge on any atom is -0.354 e. The summed E-state index contributed by atoms with van der Waals surface area (Å²) in [7, 11) is 0. The second-order valence-corrected chi connectivity index (χ2v) is 6.79. The van der Waals surface area contributed by atoms with Crippen LogP contribution in [0, 0.1) is 0 Å². The highest BCUT2D eigenvalue weighted by molar-refractivity contribution is 6.30. The molecule has 0 saturated carbocycles. The van der Waals surface area contributed by atoms with Crippen LogP contribution in [0.5, 0.6) is 0 Å². The van der Waals surface area contributed by atoms with Crippen LogP contribution in [0.3, 0.4) is 0 Å². The standard InChI is InChI=1S/C20H19ClN4/c21-16-8-6-15(7-9-16)19-10-20(24-13-23-19)25-11-17(18(22)12-25)14-4-2-1-3-5-14/h1-10,13,17-18H,11-12,22H2/t17-,18+/m1/s1. The molecule has 1 fully saturated rings. The third kappa shape index (κ3) is 3.36. The summed E-state index contributed by atoms with van der Waals surface area (Å²) >= 11 is 5.97. The fourth-order valence-electron chi connectivity index (χ4n) is 3.37. The number of nitrogens with zero attached hydrogens (tertiary/aromatic N) is 3. The molecule has 2 atom stereocenters. The van der Waals surface area contributed by atoms with E-state index in [1.54, 1.807) is 6.33 Å². The smallest absolute Gasteiger partial charge is 0.132 e. The molecule has 2 aromatic carbocycles. The van der Waals surface area contributed by atoms with Crippen molar-refractivity contribution in [2.24, 2.45) is 5.73 Å². The fraction of sp³-hybridized carbons (Fsp3) is 0.200. The zero-order valence-electron chi connectivity index (χ0n) is 13.7.